The molecule has 35 heavy (non-hydrogen) atoms. The fourth-order valence-corrected chi connectivity index (χ4v) is 4.58. The molecule has 5 aromatic rings. The standard InChI is InChI=1S/C15H9Cl2FN2.C10H5Cl3FN/c1-8-13(17)12-10(18)6-5-9(16)15(12)20-14(8)11-4-2-3-7-19-11;1-4-8(12)7-6(14)3-2-5(11)9(7)15-10(4)13/h2-7H,1H3;2-3H,1H3. The van der Waals surface area contributed by atoms with Gasteiger partial charge in [-0.05, 0) is 55.8 Å². The number of halogens is 7. The zero-order chi connectivity index (χ0) is 25.4. The van der Waals surface area contributed by atoms with E-state index < -0.39 is 11.6 Å². The maximum Gasteiger partial charge on any atom is 0.134 e. The third kappa shape index (κ3) is 4.89. The third-order valence-corrected chi connectivity index (χ3v) is 7.18. The molecule has 0 bridgehead atoms. The van der Waals surface area contributed by atoms with Crippen molar-refractivity contribution in [2.24, 2.45) is 0 Å². The van der Waals surface area contributed by atoms with Gasteiger partial charge in [-0.3, -0.25) is 4.98 Å². The second-order valence-electron chi connectivity index (χ2n) is 7.46. The third-order valence-electron chi connectivity index (χ3n) is 5.26. The van der Waals surface area contributed by atoms with Crippen molar-refractivity contribution in [1.29, 1.82) is 0 Å². The second kappa shape index (κ2) is 10.4. The monoisotopic (exact) mass is 569 g/mol. The van der Waals surface area contributed by atoms with E-state index in [4.69, 9.17) is 58.0 Å². The summed E-state index contributed by atoms with van der Waals surface area (Å²) in [6.45, 7) is 3.47. The fourth-order valence-electron chi connectivity index (χ4n) is 3.42. The molecule has 0 saturated carbocycles. The summed E-state index contributed by atoms with van der Waals surface area (Å²) < 4.78 is 27.5. The molecule has 5 rings (SSSR count). The lowest BCUT2D eigenvalue weighted by atomic mass is 10.1. The molecule has 0 atom stereocenters. The molecule has 3 aromatic heterocycles. The van der Waals surface area contributed by atoms with E-state index in [1.54, 1.807) is 20.0 Å². The van der Waals surface area contributed by atoms with Gasteiger partial charge in [0.05, 0.1) is 53.3 Å². The number of rotatable bonds is 1. The summed E-state index contributed by atoms with van der Waals surface area (Å²) in [4.78, 5) is 12.7. The van der Waals surface area contributed by atoms with E-state index in [0.717, 1.165) is 0 Å². The summed E-state index contributed by atoms with van der Waals surface area (Å²) in [5, 5.41) is 1.96. The predicted octanol–water partition coefficient (Wildman–Crippen LogP) is 9.69. The molecule has 0 aliphatic rings. The summed E-state index contributed by atoms with van der Waals surface area (Å²) >= 11 is 30.1. The summed E-state index contributed by atoms with van der Waals surface area (Å²) in [5.74, 6) is -0.885. The van der Waals surface area contributed by atoms with Crippen LogP contribution in [0.1, 0.15) is 11.1 Å². The van der Waals surface area contributed by atoms with Gasteiger partial charge in [0.15, 0.2) is 0 Å². The Morgan fingerprint density at radius 3 is 1.74 bits per heavy atom. The van der Waals surface area contributed by atoms with Crippen molar-refractivity contribution in [3.05, 3.63) is 96.7 Å². The Kier molecular flexibility index (Phi) is 7.65. The van der Waals surface area contributed by atoms with E-state index in [0.29, 0.717) is 43.1 Å². The van der Waals surface area contributed by atoms with Crippen molar-refractivity contribution in [2.75, 3.05) is 0 Å². The number of hydrogen-bond donors (Lipinski definition) is 0. The summed E-state index contributed by atoms with van der Waals surface area (Å²) in [5.41, 5.74) is 3.15. The average Bonchev–Trinajstić information content (AvgIpc) is 2.85. The van der Waals surface area contributed by atoms with E-state index in [9.17, 15) is 8.78 Å². The first kappa shape index (κ1) is 25.8. The summed E-state index contributed by atoms with van der Waals surface area (Å²) in [7, 11) is 0. The highest BCUT2D eigenvalue weighted by atomic mass is 35.5. The molecule has 0 saturated heterocycles. The summed E-state index contributed by atoms with van der Waals surface area (Å²) in [6.07, 6.45) is 1.67. The topological polar surface area (TPSA) is 38.7 Å². The van der Waals surface area contributed by atoms with Gasteiger partial charge in [0.25, 0.3) is 0 Å². The highest BCUT2D eigenvalue weighted by Crippen LogP contribution is 2.37. The Morgan fingerprint density at radius 2 is 1.20 bits per heavy atom. The van der Waals surface area contributed by atoms with Crippen molar-refractivity contribution in [3.63, 3.8) is 0 Å². The van der Waals surface area contributed by atoms with Crippen LogP contribution in [0.5, 0.6) is 0 Å². The highest BCUT2D eigenvalue weighted by molar-refractivity contribution is 6.42. The summed E-state index contributed by atoms with van der Waals surface area (Å²) in [6, 6.07) is 10.9. The number of nitrogens with zero attached hydrogens (tertiary/aromatic N) is 3. The van der Waals surface area contributed by atoms with Crippen LogP contribution in [0.3, 0.4) is 0 Å². The number of benzene rings is 2. The fraction of sp³-hybridized carbons (Fsp3) is 0.0800. The first-order valence-electron chi connectivity index (χ1n) is 10.1. The molecular weight excluding hydrogens is 558 g/mol. The Hall–Kier alpha value is -2.28. The molecule has 0 aliphatic carbocycles. The van der Waals surface area contributed by atoms with Gasteiger partial charge in [0.1, 0.15) is 16.8 Å². The number of fused-ring (bicyclic) bond motifs is 2. The molecule has 0 radical (unpaired) electrons. The van der Waals surface area contributed by atoms with E-state index >= 15 is 0 Å². The van der Waals surface area contributed by atoms with Crippen LogP contribution < -0.4 is 0 Å². The van der Waals surface area contributed by atoms with Crippen molar-refractivity contribution in [1.82, 2.24) is 15.0 Å². The second-order valence-corrected chi connectivity index (χ2v) is 9.39. The minimum atomic E-state index is -0.452. The van der Waals surface area contributed by atoms with Gasteiger partial charge in [0.2, 0.25) is 0 Å². The largest absolute Gasteiger partial charge is 0.255 e. The molecule has 0 fully saturated rings. The maximum absolute atomic E-state index is 13.9. The average molecular weight is 572 g/mol. The molecular formula is C25H14Cl5F2N3. The Balaban J connectivity index is 0.000000172. The SMILES string of the molecule is Cc1c(-c2ccccn2)nc2c(Cl)ccc(F)c2c1Cl.Cc1c(Cl)nc2c(Cl)ccc(F)c2c1Cl. The highest BCUT2D eigenvalue weighted by Gasteiger charge is 2.17. The van der Waals surface area contributed by atoms with Crippen molar-refractivity contribution in [2.45, 2.75) is 13.8 Å². The van der Waals surface area contributed by atoms with Gasteiger partial charge in [-0.2, -0.15) is 0 Å². The van der Waals surface area contributed by atoms with E-state index in [1.807, 2.05) is 18.2 Å². The van der Waals surface area contributed by atoms with Gasteiger partial charge in [-0.1, -0.05) is 64.1 Å². The normalized spacial score (nSPS) is 11.0. The quantitative estimate of drug-likeness (QED) is 0.188. The van der Waals surface area contributed by atoms with Gasteiger partial charge in [0, 0.05) is 11.8 Å². The lowest BCUT2D eigenvalue weighted by molar-refractivity contribution is 0.639. The van der Waals surface area contributed by atoms with Crippen LogP contribution in [0.2, 0.25) is 25.2 Å². The number of hydrogen-bond acceptors (Lipinski definition) is 3. The molecule has 3 nitrogen and oxygen atoms in total. The predicted molar refractivity (Wildman–Crippen MR) is 141 cm³/mol. The van der Waals surface area contributed by atoms with Crippen LogP contribution in [0.15, 0.2) is 48.7 Å². The Bertz CT molecular complexity index is 1590. The van der Waals surface area contributed by atoms with Crippen LogP contribution in [0.25, 0.3) is 33.2 Å². The molecule has 178 valence electrons. The number of pyridine rings is 3. The van der Waals surface area contributed by atoms with Gasteiger partial charge in [-0.25, -0.2) is 18.7 Å². The zero-order valence-corrected chi connectivity index (χ0v) is 21.9. The number of aromatic nitrogens is 3. The molecule has 0 amide bonds. The van der Waals surface area contributed by atoms with Gasteiger partial charge in [-0.15, -0.1) is 0 Å². The van der Waals surface area contributed by atoms with Gasteiger partial charge < -0.3 is 0 Å². The van der Waals surface area contributed by atoms with Crippen LogP contribution in [-0.2, 0) is 0 Å². The molecule has 0 unspecified atom stereocenters. The van der Waals surface area contributed by atoms with Gasteiger partial charge >= 0.3 is 0 Å². The Morgan fingerprint density at radius 1 is 0.657 bits per heavy atom. The smallest absolute Gasteiger partial charge is 0.134 e. The lowest BCUT2D eigenvalue weighted by Crippen LogP contribution is -1.96. The van der Waals surface area contributed by atoms with E-state index in [-0.39, 0.29) is 26.5 Å². The molecule has 2 aromatic carbocycles. The minimum Gasteiger partial charge on any atom is -0.255 e. The first-order valence-corrected chi connectivity index (χ1v) is 11.9. The molecule has 0 spiro atoms. The molecule has 0 N–H and O–H groups in total. The van der Waals surface area contributed by atoms with Crippen LogP contribution in [-0.4, -0.2) is 15.0 Å². The Labute approximate surface area is 224 Å². The molecule has 10 heteroatoms. The van der Waals surface area contributed by atoms with Crippen LogP contribution in [0, 0.1) is 25.5 Å². The molecule has 0 aliphatic heterocycles. The van der Waals surface area contributed by atoms with Crippen LogP contribution >= 0.6 is 58.0 Å². The molecule has 3 heterocycles. The maximum atomic E-state index is 13.9. The van der Waals surface area contributed by atoms with Crippen molar-refractivity contribution >= 4 is 79.8 Å². The van der Waals surface area contributed by atoms with Crippen LogP contribution in [0.4, 0.5) is 8.78 Å². The van der Waals surface area contributed by atoms with E-state index in [2.05, 4.69) is 15.0 Å². The van der Waals surface area contributed by atoms with Crippen molar-refractivity contribution < 1.29 is 8.78 Å². The lowest BCUT2D eigenvalue weighted by Gasteiger charge is -2.11. The zero-order valence-electron chi connectivity index (χ0n) is 18.1. The van der Waals surface area contributed by atoms with E-state index in [1.165, 1.54) is 24.3 Å². The minimum absolute atomic E-state index is 0.214. The first-order chi connectivity index (χ1) is 16.6. The van der Waals surface area contributed by atoms with Crippen molar-refractivity contribution in [3.8, 4) is 11.4 Å².